The second-order valence-corrected chi connectivity index (χ2v) is 8.20. The molecule has 1 aliphatic rings. The summed E-state index contributed by atoms with van der Waals surface area (Å²) in [5.74, 6) is -0.359. The van der Waals surface area contributed by atoms with Gasteiger partial charge < -0.3 is 15.5 Å². The Morgan fingerprint density at radius 2 is 1.92 bits per heavy atom. The van der Waals surface area contributed by atoms with Gasteiger partial charge in [0.25, 0.3) is 0 Å². The average Bonchev–Trinajstić information content (AvgIpc) is 3.01. The van der Waals surface area contributed by atoms with Gasteiger partial charge in [-0.25, -0.2) is 4.79 Å². The first-order valence-electron chi connectivity index (χ1n) is 7.43. The quantitative estimate of drug-likeness (QED) is 0.674. The van der Waals surface area contributed by atoms with Crippen molar-refractivity contribution in [3.63, 3.8) is 0 Å². The van der Waals surface area contributed by atoms with Gasteiger partial charge in [0, 0.05) is 24.9 Å². The van der Waals surface area contributed by atoms with Gasteiger partial charge in [0.1, 0.15) is 6.04 Å². The van der Waals surface area contributed by atoms with E-state index in [2.05, 4.69) is 5.32 Å². The summed E-state index contributed by atoms with van der Waals surface area (Å²) in [6, 6.07) is 4.38. The molecule has 8 heteroatoms. The Labute approximate surface area is 148 Å². The molecular formula is C16H19NO5S2. The third-order valence-corrected chi connectivity index (χ3v) is 6.61. The van der Waals surface area contributed by atoms with Crippen molar-refractivity contribution in [2.45, 2.75) is 30.4 Å². The maximum Gasteiger partial charge on any atom is 0.326 e. The number of thioether (sulfide) groups is 2. The van der Waals surface area contributed by atoms with E-state index in [0.29, 0.717) is 0 Å². The van der Waals surface area contributed by atoms with Crippen LogP contribution in [0, 0.1) is 0 Å². The van der Waals surface area contributed by atoms with Gasteiger partial charge in [0.05, 0.1) is 11.0 Å². The lowest BCUT2D eigenvalue weighted by molar-refractivity contribution is -0.141. The Bertz CT molecular complexity index is 643. The van der Waals surface area contributed by atoms with E-state index in [4.69, 9.17) is 5.11 Å². The fraction of sp³-hybridized carbons (Fsp3) is 0.438. The van der Waals surface area contributed by atoms with E-state index in [1.165, 1.54) is 6.92 Å². The zero-order valence-corrected chi connectivity index (χ0v) is 14.8. The molecule has 0 unspecified atom stereocenters. The van der Waals surface area contributed by atoms with Crippen LogP contribution in [0.15, 0.2) is 18.2 Å². The number of carboxylic acids is 2. The number of benzene rings is 1. The summed E-state index contributed by atoms with van der Waals surface area (Å²) in [6.07, 6.45) is 0.110. The Morgan fingerprint density at radius 3 is 2.46 bits per heavy atom. The van der Waals surface area contributed by atoms with E-state index < -0.39 is 23.9 Å². The monoisotopic (exact) mass is 369 g/mol. The summed E-state index contributed by atoms with van der Waals surface area (Å²) in [5, 5.41) is 20.7. The van der Waals surface area contributed by atoms with Crippen molar-refractivity contribution in [3.05, 3.63) is 34.9 Å². The molecule has 2 rings (SSSR count). The van der Waals surface area contributed by atoms with Gasteiger partial charge in [-0.05, 0) is 16.7 Å². The van der Waals surface area contributed by atoms with Crippen LogP contribution in [0.5, 0.6) is 0 Å². The second-order valence-electron chi connectivity index (χ2n) is 5.47. The molecule has 0 aromatic heterocycles. The molecule has 1 amide bonds. The molecule has 1 saturated heterocycles. The lowest BCUT2D eigenvalue weighted by Crippen LogP contribution is -2.41. The van der Waals surface area contributed by atoms with E-state index in [0.717, 1.165) is 28.2 Å². The van der Waals surface area contributed by atoms with Crippen molar-refractivity contribution in [2.75, 3.05) is 11.5 Å². The third-order valence-electron chi connectivity index (χ3n) is 3.54. The number of hydrogen-bond acceptors (Lipinski definition) is 5. The number of hydrogen-bond donors (Lipinski definition) is 3. The zero-order chi connectivity index (χ0) is 17.7. The van der Waals surface area contributed by atoms with Crippen LogP contribution < -0.4 is 5.32 Å². The summed E-state index contributed by atoms with van der Waals surface area (Å²) < 4.78 is 0.170. The van der Waals surface area contributed by atoms with Crippen LogP contribution in [-0.4, -0.2) is 45.6 Å². The number of carbonyl (C=O) groups excluding carboxylic acids is 1. The summed E-state index contributed by atoms with van der Waals surface area (Å²) in [4.78, 5) is 33.5. The molecule has 1 heterocycles. The number of nitrogens with one attached hydrogen (secondary N) is 1. The molecule has 1 aliphatic heterocycles. The maximum absolute atomic E-state index is 11.3. The first-order valence-corrected chi connectivity index (χ1v) is 9.53. The minimum atomic E-state index is -1.09. The van der Waals surface area contributed by atoms with Crippen molar-refractivity contribution in [1.82, 2.24) is 5.32 Å². The fourth-order valence-corrected chi connectivity index (χ4v) is 5.49. The highest BCUT2D eigenvalue weighted by atomic mass is 32.2. The molecule has 0 bridgehead atoms. The van der Waals surface area contributed by atoms with Gasteiger partial charge in [-0.3, -0.25) is 9.59 Å². The summed E-state index contributed by atoms with van der Waals surface area (Å²) >= 11 is 3.53. The highest BCUT2D eigenvalue weighted by Gasteiger charge is 2.24. The van der Waals surface area contributed by atoms with Crippen LogP contribution in [0.25, 0.3) is 0 Å². The Kier molecular flexibility index (Phi) is 6.56. The highest BCUT2D eigenvalue weighted by Crippen LogP contribution is 2.46. The van der Waals surface area contributed by atoms with Gasteiger partial charge >= 0.3 is 11.9 Å². The summed E-state index contributed by atoms with van der Waals surface area (Å²) in [7, 11) is 0. The molecule has 0 saturated carbocycles. The fourth-order valence-electron chi connectivity index (χ4n) is 2.53. The first-order chi connectivity index (χ1) is 11.4. The third kappa shape index (κ3) is 5.17. The number of rotatable bonds is 7. The smallest absolute Gasteiger partial charge is 0.326 e. The van der Waals surface area contributed by atoms with Gasteiger partial charge in [-0.15, -0.1) is 23.5 Å². The Morgan fingerprint density at radius 1 is 1.25 bits per heavy atom. The van der Waals surface area contributed by atoms with Crippen LogP contribution >= 0.6 is 23.5 Å². The number of aliphatic carboxylic acids is 2. The maximum atomic E-state index is 11.3. The molecule has 1 fully saturated rings. The topological polar surface area (TPSA) is 104 Å². The predicted octanol–water partition coefficient (Wildman–Crippen LogP) is 1.92. The van der Waals surface area contributed by atoms with Crippen LogP contribution in [0.3, 0.4) is 0 Å². The molecule has 6 nitrogen and oxygen atoms in total. The van der Waals surface area contributed by atoms with Crippen molar-refractivity contribution >= 4 is 41.4 Å². The average molecular weight is 369 g/mol. The van der Waals surface area contributed by atoms with E-state index in [1.54, 1.807) is 35.7 Å². The molecule has 0 radical (unpaired) electrons. The lowest BCUT2D eigenvalue weighted by atomic mass is 9.98. The molecular weight excluding hydrogens is 350 g/mol. The van der Waals surface area contributed by atoms with E-state index in [-0.39, 0.29) is 17.4 Å². The van der Waals surface area contributed by atoms with Crippen LogP contribution in [0.2, 0.25) is 0 Å². The molecule has 1 aromatic carbocycles. The van der Waals surface area contributed by atoms with Crippen molar-refractivity contribution in [2.24, 2.45) is 0 Å². The lowest BCUT2D eigenvalue weighted by Gasteiger charge is -2.18. The molecule has 24 heavy (non-hydrogen) atoms. The zero-order valence-electron chi connectivity index (χ0n) is 13.2. The Balaban J connectivity index is 2.27. The van der Waals surface area contributed by atoms with E-state index in [9.17, 15) is 19.5 Å². The summed E-state index contributed by atoms with van der Waals surface area (Å²) in [5.41, 5.74) is 2.47. The van der Waals surface area contributed by atoms with Crippen molar-refractivity contribution < 1.29 is 24.6 Å². The SMILES string of the molecule is CC(=O)N[C@@H](Cc1ccc(CC(=O)O)c(C2SCCS2)c1)C(=O)O. The van der Waals surface area contributed by atoms with E-state index in [1.807, 2.05) is 6.07 Å². The second kappa shape index (κ2) is 8.43. The van der Waals surface area contributed by atoms with Gasteiger partial charge in [0.15, 0.2) is 0 Å². The Hall–Kier alpha value is -1.67. The van der Waals surface area contributed by atoms with Crippen molar-refractivity contribution in [3.8, 4) is 0 Å². The molecule has 0 aliphatic carbocycles. The minimum Gasteiger partial charge on any atom is -0.481 e. The van der Waals surface area contributed by atoms with Crippen molar-refractivity contribution in [1.29, 1.82) is 0 Å². The minimum absolute atomic E-state index is 0.0543. The number of carboxylic acid groups (broad SMARTS) is 2. The standard InChI is InChI=1S/C16H19NO5S2/c1-9(18)17-13(15(21)22)7-10-2-3-11(8-14(19)20)12(6-10)16-23-4-5-24-16/h2-3,6,13,16H,4-5,7-8H2,1H3,(H,17,18)(H,19,20)(H,21,22)/t13-/m0/s1. The normalized spacial score (nSPS) is 15.9. The van der Waals surface area contributed by atoms with Gasteiger partial charge in [-0.1, -0.05) is 18.2 Å². The molecule has 0 spiro atoms. The van der Waals surface area contributed by atoms with Crippen LogP contribution in [0.4, 0.5) is 0 Å². The molecule has 1 aromatic rings. The molecule has 130 valence electrons. The highest BCUT2D eigenvalue weighted by molar-refractivity contribution is 8.19. The molecule has 3 N–H and O–H groups in total. The summed E-state index contributed by atoms with van der Waals surface area (Å²) in [6.45, 7) is 1.28. The largest absolute Gasteiger partial charge is 0.481 e. The van der Waals surface area contributed by atoms with Gasteiger partial charge in [-0.2, -0.15) is 0 Å². The number of amides is 1. The van der Waals surface area contributed by atoms with Crippen LogP contribution in [-0.2, 0) is 27.2 Å². The van der Waals surface area contributed by atoms with Gasteiger partial charge in [0.2, 0.25) is 5.91 Å². The first kappa shape index (κ1) is 18.7. The predicted molar refractivity (Wildman–Crippen MR) is 94.4 cm³/mol. The van der Waals surface area contributed by atoms with E-state index >= 15 is 0 Å². The number of carbonyl (C=O) groups is 3. The van der Waals surface area contributed by atoms with Crippen LogP contribution in [0.1, 0.15) is 28.2 Å². The molecule has 1 atom stereocenters.